The number of aromatic amines is 2. The number of rotatable bonds is 6. The van der Waals surface area contributed by atoms with Crippen LogP contribution in [-0.2, 0) is 35.5 Å². The van der Waals surface area contributed by atoms with Crippen molar-refractivity contribution in [2.45, 2.75) is 25.9 Å². The summed E-state index contributed by atoms with van der Waals surface area (Å²) in [6.07, 6.45) is 8.06. The fraction of sp³-hybridized carbons (Fsp3) is 0.143. The summed E-state index contributed by atoms with van der Waals surface area (Å²) in [6, 6.07) is 39.6. The summed E-state index contributed by atoms with van der Waals surface area (Å²) in [5.41, 5.74) is 11.1. The van der Waals surface area contributed by atoms with E-state index >= 15 is 0 Å². The summed E-state index contributed by atoms with van der Waals surface area (Å²) in [5.74, 6) is -0.886. The van der Waals surface area contributed by atoms with E-state index in [-0.39, 0.29) is 5.91 Å². The topological polar surface area (TPSA) is 127 Å². The van der Waals surface area contributed by atoms with E-state index in [1.807, 2.05) is 120 Å². The zero-order valence-corrected chi connectivity index (χ0v) is 28.2. The number of carboxylic acids is 1. The van der Waals surface area contributed by atoms with Crippen molar-refractivity contribution in [1.29, 1.82) is 0 Å². The van der Waals surface area contributed by atoms with Gasteiger partial charge in [0.05, 0.1) is 11.4 Å². The molecule has 51 heavy (non-hydrogen) atoms. The molecule has 0 fully saturated rings. The van der Waals surface area contributed by atoms with Gasteiger partial charge in [0.25, 0.3) is 0 Å². The van der Waals surface area contributed by atoms with Crippen molar-refractivity contribution in [2.75, 3.05) is 13.1 Å². The molecular formula is C42H40N6O3. The maximum atomic E-state index is 12.6. The monoisotopic (exact) mass is 676 g/mol. The van der Waals surface area contributed by atoms with Crippen LogP contribution < -0.4 is 5.32 Å². The van der Waals surface area contributed by atoms with Crippen LogP contribution in [0.25, 0.3) is 34.7 Å². The second-order valence-electron chi connectivity index (χ2n) is 12.1. The van der Waals surface area contributed by atoms with Crippen molar-refractivity contribution in [2.24, 2.45) is 0 Å². The van der Waals surface area contributed by atoms with Gasteiger partial charge in [0.15, 0.2) is 0 Å². The van der Waals surface area contributed by atoms with E-state index in [4.69, 9.17) is 5.11 Å². The fourth-order valence-corrected chi connectivity index (χ4v) is 5.95. The SMILES string of the molecule is O=C(/C=C/c1ccccc1)N1CCc2[nH]nc(-c3ccccc3)c2C1.O=C(O)/C=C/c1ccccc1.c1ccc(-c2n[nH]c3c2CNCC3)cc1. The van der Waals surface area contributed by atoms with Crippen molar-refractivity contribution >= 4 is 24.0 Å². The Morgan fingerprint density at radius 3 is 1.67 bits per heavy atom. The van der Waals surface area contributed by atoms with Gasteiger partial charge >= 0.3 is 5.97 Å². The number of carbonyl (C=O) groups excluding carboxylic acids is 1. The minimum atomic E-state index is -0.922. The number of hydrogen-bond donors (Lipinski definition) is 4. The first-order valence-electron chi connectivity index (χ1n) is 17.0. The molecule has 6 aromatic rings. The normalized spacial score (nSPS) is 13.4. The van der Waals surface area contributed by atoms with Gasteiger partial charge in [-0.25, -0.2) is 4.79 Å². The van der Waals surface area contributed by atoms with Crippen LogP contribution in [0.2, 0.25) is 0 Å². The molecule has 4 aromatic carbocycles. The third-order valence-corrected chi connectivity index (χ3v) is 8.58. The molecule has 0 saturated heterocycles. The van der Waals surface area contributed by atoms with E-state index in [2.05, 4.69) is 37.8 Å². The van der Waals surface area contributed by atoms with Gasteiger partial charge in [-0.05, 0) is 23.3 Å². The number of fused-ring (bicyclic) bond motifs is 2. The third kappa shape index (κ3) is 9.44. The summed E-state index contributed by atoms with van der Waals surface area (Å²) in [4.78, 5) is 24.5. The first kappa shape index (κ1) is 34.5. The average molecular weight is 677 g/mol. The zero-order valence-electron chi connectivity index (χ0n) is 28.2. The summed E-state index contributed by atoms with van der Waals surface area (Å²) in [5, 5.41) is 26.8. The molecule has 0 unspecified atom stereocenters. The van der Waals surface area contributed by atoms with Gasteiger partial charge in [0.1, 0.15) is 0 Å². The lowest BCUT2D eigenvalue weighted by Gasteiger charge is -2.26. The smallest absolute Gasteiger partial charge is 0.328 e. The molecule has 0 radical (unpaired) electrons. The number of amides is 1. The molecule has 2 aromatic heterocycles. The Balaban J connectivity index is 0.000000146. The quantitative estimate of drug-likeness (QED) is 0.139. The maximum Gasteiger partial charge on any atom is 0.328 e. The van der Waals surface area contributed by atoms with Crippen molar-refractivity contribution < 1.29 is 14.7 Å². The lowest BCUT2D eigenvalue weighted by molar-refractivity contribution is -0.131. The van der Waals surface area contributed by atoms with E-state index in [0.717, 1.165) is 71.3 Å². The Labute approximate surface area is 297 Å². The third-order valence-electron chi connectivity index (χ3n) is 8.58. The molecule has 0 bridgehead atoms. The predicted octanol–water partition coefficient (Wildman–Crippen LogP) is 7.18. The minimum Gasteiger partial charge on any atom is -0.478 e. The average Bonchev–Trinajstić information content (AvgIpc) is 3.83. The number of aromatic nitrogens is 4. The van der Waals surface area contributed by atoms with E-state index in [1.165, 1.54) is 16.8 Å². The van der Waals surface area contributed by atoms with Crippen LogP contribution in [0.3, 0.4) is 0 Å². The van der Waals surface area contributed by atoms with Crippen LogP contribution in [0, 0.1) is 0 Å². The highest BCUT2D eigenvalue weighted by molar-refractivity contribution is 5.92. The summed E-state index contributed by atoms with van der Waals surface area (Å²) < 4.78 is 0. The van der Waals surface area contributed by atoms with Gasteiger partial charge < -0.3 is 15.3 Å². The van der Waals surface area contributed by atoms with Crippen LogP contribution in [0.15, 0.2) is 133 Å². The Morgan fingerprint density at radius 2 is 1.12 bits per heavy atom. The fourth-order valence-electron chi connectivity index (χ4n) is 5.95. The molecule has 0 spiro atoms. The molecule has 9 heteroatoms. The molecule has 1 amide bonds. The summed E-state index contributed by atoms with van der Waals surface area (Å²) >= 11 is 0. The molecule has 4 N–H and O–H groups in total. The minimum absolute atomic E-state index is 0.0368. The van der Waals surface area contributed by atoms with Gasteiger partial charge in [-0.1, -0.05) is 121 Å². The highest BCUT2D eigenvalue weighted by Gasteiger charge is 2.24. The molecule has 4 heterocycles. The first-order valence-corrected chi connectivity index (χ1v) is 17.0. The zero-order chi connectivity index (χ0) is 35.3. The summed E-state index contributed by atoms with van der Waals surface area (Å²) in [6.45, 7) is 3.27. The molecule has 0 aliphatic carbocycles. The van der Waals surface area contributed by atoms with Crippen molar-refractivity contribution in [3.8, 4) is 22.5 Å². The van der Waals surface area contributed by atoms with Crippen LogP contribution in [0.5, 0.6) is 0 Å². The second kappa shape index (κ2) is 17.4. The maximum absolute atomic E-state index is 12.6. The highest BCUT2D eigenvalue weighted by atomic mass is 16.4. The van der Waals surface area contributed by atoms with E-state index in [1.54, 1.807) is 12.2 Å². The predicted molar refractivity (Wildman–Crippen MR) is 201 cm³/mol. The van der Waals surface area contributed by atoms with Crippen LogP contribution in [0.4, 0.5) is 0 Å². The van der Waals surface area contributed by atoms with Crippen molar-refractivity contribution in [1.82, 2.24) is 30.6 Å². The molecular weight excluding hydrogens is 637 g/mol. The number of aliphatic carboxylic acids is 1. The van der Waals surface area contributed by atoms with Crippen LogP contribution >= 0.6 is 0 Å². The Bertz CT molecular complexity index is 2070. The lowest BCUT2D eigenvalue weighted by Crippen LogP contribution is -2.34. The van der Waals surface area contributed by atoms with E-state index in [9.17, 15) is 9.59 Å². The number of nitrogens with one attached hydrogen (secondary N) is 3. The summed E-state index contributed by atoms with van der Waals surface area (Å²) in [7, 11) is 0. The van der Waals surface area contributed by atoms with Crippen LogP contribution in [-0.4, -0.2) is 55.4 Å². The number of benzene rings is 4. The van der Waals surface area contributed by atoms with E-state index < -0.39 is 5.97 Å². The van der Waals surface area contributed by atoms with Crippen molar-refractivity contribution in [3.63, 3.8) is 0 Å². The molecule has 0 atom stereocenters. The number of H-pyrrole nitrogens is 2. The molecule has 0 saturated carbocycles. The number of carboxylic acid groups (broad SMARTS) is 1. The van der Waals surface area contributed by atoms with Gasteiger partial charge in [-0.15, -0.1) is 0 Å². The lowest BCUT2D eigenvalue weighted by atomic mass is 10.0. The number of carbonyl (C=O) groups is 2. The molecule has 2 aliphatic rings. The van der Waals surface area contributed by atoms with Gasteiger partial charge in [0, 0.05) is 84.8 Å². The van der Waals surface area contributed by atoms with Gasteiger partial charge in [-0.3, -0.25) is 15.0 Å². The van der Waals surface area contributed by atoms with E-state index in [0.29, 0.717) is 13.1 Å². The van der Waals surface area contributed by atoms with Gasteiger partial charge in [-0.2, -0.15) is 10.2 Å². The number of hydrogen-bond acceptors (Lipinski definition) is 5. The Kier molecular flexibility index (Phi) is 11.8. The van der Waals surface area contributed by atoms with Crippen molar-refractivity contribution in [3.05, 3.63) is 167 Å². The Morgan fingerprint density at radius 1 is 0.627 bits per heavy atom. The largest absolute Gasteiger partial charge is 0.478 e. The molecule has 8 rings (SSSR count). The highest BCUT2D eigenvalue weighted by Crippen LogP contribution is 2.28. The first-order chi connectivity index (χ1) is 25.0. The molecule has 2 aliphatic heterocycles. The molecule has 9 nitrogen and oxygen atoms in total. The van der Waals surface area contributed by atoms with Gasteiger partial charge in [0.2, 0.25) is 5.91 Å². The number of nitrogens with zero attached hydrogens (tertiary/aromatic N) is 3. The Hall–Kier alpha value is -6.32. The van der Waals surface area contributed by atoms with Crippen LogP contribution in [0.1, 0.15) is 33.6 Å². The standard InChI is InChI=1S/C21H19N3O.C12H13N3.C9H8O2/c25-20(12-11-16-7-3-1-4-8-16)24-14-13-19-18(15-24)21(23-22-19)17-9-5-2-6-10-17;1-2-4-9(5-3-1)12-10-8-13-7-6-11(10)14-15-12;10-9(11)7-6-8-4-2-1-3-5-8/h1-12H,13-15H2,(H,22,23);1-5,13H,6-8H2,(H,14,15);1-7H,(H,10,11)/b12-11+;;7-6+. The second-order valence-corrected chi connectivity index (χ2v) is 12.1. The molecule has 256 valence electrons.